The Hall–Kier alpha value is -3.56. The third-order valence-corrected chi connectivity index (χ3v) is 8.52. The summed E-state index contributed by atoms with van der Waals surface area (Å²) >= 11 is 0. The molecule has 42 heavy (non-hydrogen) atoms. The van der Waals surface area contributed by atoms with Crippen molar-refractivity contribution in [3.63, 3.8) is 0 Å². The minimum atomic E-state index is -0.611. The first kappa shape index (κ1) is 29.9. The number of ether oxygens (including phenoxy) is 4. The highest BCUT2D eigenvalue weighted by Crippen LogP contribution is 2.59. The predicted octanol–water partition coefficient (Wildman–Crippen LogP) is 4.92. The number of carbonyl (C=O) groups excluding carboxylic acids is 2. The lowest BCUT2D eigenvalue weighted by Crippen LogP contribution is -2.43. The molecule has 1 N–H and O–H groups in total. The summed E-state index contributed by atoms with van der Waals surface area (Å²) in [7, 11) is 0. The molecule has 2 heterocycles. The predicted molar refractivity (Wildman–Crippen MR) is 155 cm³/mol. The zero-order valence-electron chi connectivity index (χ0n) is 25.5. The molecule has 1 saturated carbocycles. The lowest BCUT2D eigenvalue weighted by atomic mass is 9.75. The third-order valence-electron chi connectivity index (χ3n) is 8.52. The quantitative estimate of drug-likeness (QED) is 0.388. The van der Waals surface area contributed by atoms with Crippen LogP contribution in [-0.4, -0.2) is 73.4 Å². The van der Waals surface area contributed by atoms with Crippen molar-refractivity contribution in [3.05, 3.63) is 46.1 Å². The number of ketones is 1. The van der Waals surface area contributed by atoms with Crippen LogP contribution in [0.4, 0.5) is 4.39 Å². The summed E-state index contributed by atoms with van der Waals surface area (Å²) < 4.78 is 38.5. The summed E-state index contributed by atoms with van der Waals surface area (Å²) in [6.07, 6.45) is 3.82. The minimum Gasteiger partial charge on any atom is -0.490 e. The van der Waals surface area contributed by atoms with Crippen LogP contribution in [0.15, 0.2) is 29.2 Å². The molecule has 10 heteroatoms. The highest BCUT2D eigenvalue weighted by Gasteiger charge is 2.58. The van der Waals surface area contributed by atoms with Crippen molar-refractivity contribution in [2.75, 3.05) is 46.1 Å². The van der Waals surface area contributed by atoms with E-state index in [1.165, 1.54) is 0 Å². The maximum absolute atomic E-state index is 15.9. The number of morpholine rings is 1. The second-order valence-electron chi connectivity index (χ2n) is 12.2. The molecule has 1 unspecified atom stereocenters. The number of hydrogen-bond donors (Lipinski definition) is 1. The fourth-order valence-corrected chi connectivity index (χ4v) is 6.37. The Morgan fingerprint density at radius 1 is 1.12 bits per heavy atom. The molecule has 9 nitrogen and oxygen atoms in total. The molecular weight excluding hydrogens is 541 g/mol. The van der Waals surface area contributed by atoms with Crippen LogP contribution in [0, 0.1) is 22.6 Å². The van der Waals surface area contributed by atoms with Gasteiger partial charge in [0.2, 0.25) is 0 Å². The van der Waals surface area contributed by atoms with Crippen LogP contribution in [0.25, 0.3) is 0 Å². The van der Waals surface area contributed by atoms with Gasteiger partial charge in [-0.3, -0.25) is 15.0 Å². The van der Waals surface area contributed by atoms with E-state index in [0.717, 1.165) is 29.9 Å². The summed E-state index contributed by atoms with van der Waals surface area (Å²) in [6.45, 7) is 13.5. The van der Waals surface area contributed by atoms with Crippen LogP contribution in [0.1, 0.15) is 71.9 Å². The molecule has 1 atom stereocenters. The van der Waals surface area contributed by atoms with Gasteiger partial charge < -0.3 is 28.7 Å². The van der Waals surface area contributed by atoms with Crippen LogP contribution in [0.3, 0.4) is 0 Å². The van der Waals surface area contributed by atoms with E-state index in [-0.39, 0.29) is 54.0 Å². The molecule has 1 aromatic carbocycles. The number of benzene rings is 1. The molecule has 0 radical (unpaired) electrons. The Morgan fingerprint density at radius 3 is 2.45 bits per heavy atom. The summed E-state index contributed by atoms with van der Waals surface area (Å²) in [5, 5.41) is 9.00. The van der Waals surface area contributed by atoms with Crippen molar-refractivity contribution in [1.29, 1.82) is 5.41 Å². The van der Waals surface area contributed by atoms with Gasteiger partial charge in [-0.15, -0.1) is 0 Å². The molecule has 2 fully saturated rings. The average molecular weight is 584 g/mol. The number of esters is 1. The van der Waals surface area contributed by atoms with Crippen molar-refractivity contribution in [1.82, 2.24) is 9.80 Å². The number of Topliss-reactive ketones (excluding diaryl/α,β-unsaturated/α-hetero) is 1. The number of amidine groups is 1. The highest BCUT2D eigenvalue weighted by atomic mass is 19.1. The first-order valence-corrected chi connectivity index (χ1v) is 15.0. The smallest absolute Gasteiger partial charge is 0.325 e. The fraction of sp³-hybridized carbons (Fsp3) is 0.594. The Labute approximate surface area is 247 Å². The van der Waals surface area contributed by atoms with E-state index in [1.54, 1.807) is 24.8 Å². The molecule has 228 valence electrons. The summed E-state index contributed by atoms with van der Waals surface area (Å²) in [5.41, 5.74) is 1.75. The van der Waals surface area contributed by atoms with Gasteiger partial charge in [0, 0.05) is 5.92 Å². The van der Waals surface area contributed by atoms with Gasteiger partial charge in [-0.2, -0.15) is 0 Å². The van der Waals surface area contributed by atoms with Gasteiger partial charge in [-0.05, 0) is 68.7 Å². The lowest BCUT2D eigenvalue weighted by Gasteiger charge is -2.40. The van der Waals surface area contributed by atoms with Gasteiger partial charge >= 0.3 is 5.97 Å². The second-order valence-corrected chi connectivity index (χ2v) is 12.2. The number of halogens is 1. The van der Waals surface area contributed by atoms with Gasteiger partial charge in [0.1, 0.15) is 24.7 Å². The summed E-state index contributed by atoms with van der Waals surface area (Å²) in [6, 6.07) is 1.79. The molecule has 0 amide bonds. The number of carbonyl (C=O) groups is 2. The Bertz CT molecular complexity index is 1360. The molecule has 2 aliphatic carbocycles. The van der Waals surface area contributed by atoms with Crippen LogP contribution in [0.2, 0.25) is 0 Å². The van der Waals surface area contributed by atoms with E-state index >= 15 is 4.39 Å². The van der Waals surface area contributed by atoms with E-state index in [0.29, 0.717) is 44.1 Å². The van der Waals surface area contributed by atoms with Crippen molar-refractivity contribution in [2.24, 2.45) is 11.3 Å². The maximum Gasteiger partial charge on any atom is 0.325 e. The normalized spacial score (nSPS) is 20.6. The van der Waals surface area contributed by atoms with Crippen LogP contribution in [0.5, 0.6) is 11.5 Å². The Morgan fingerprint density at radius 2 is 1.83 bits per heavy atom. The second kappa shape index (κ2) is 11.3. The number of hydrogen-bond acceptors (Lipinski definition) is 8. The molecular formula is C32H42FN3O6. The van der Waals surface area contributed by atoms with Crippen LogP contribution >= 0.6 is 0 Å². The van der Waals surface area contributed by atoms with E-state index in [2.05, 4.69) is 20.8 Å². The number of allylic oxidation sites excluding steroid dienone is 2. The zero-order chi connectivity index (χ0) is 30.4. The monoisotopic (exact) mass is 583 g/mol. The van der Waals surface area contributed by atoms with Gasteiger partial charge in [0.05, 0.1) is 49.7 Å². The van der Waals surface area contributed by atoms with E-state index in [1.807, 2.05) is 17.9 Å². The number of nitrogens with zero attached hydrogens (tertiary/aromatic N) is 2. The Kier molecular flexibility index (Phi) is 8.02. The molecule has 2 aliphatic heterocycles. The van der Waals surface area contributed by atoms with Gasteiger partial charge in [-0.1, -0.05) is 20.8 Å². The number of nitrogens with one attached hydrogen (secondary N) is 1. The van der Waals surface area contributed by atoms with Crippen molar-refractivity contribution in [3.8, 4) is 11.5 Å². The summed E-state index contributed by atoms with van der Waals surface area (Å²) in [4.78, 5) is 30.2. The molecule has 1 saturated heterocycles. The minimum absolute atomic E-state index is 0.00183. The molecule has 1 spiro atoms. The standard InChI is InChI=1S/C32H42FN3O6/c1-7-39-24-16-20-26(27(33)29(24)41-9-3)30(34)36(32(20)10-11-32)17-23(37)19-14-21(31(4,5)6)28-22(15-19)35(12-13-42-28)18-25(38)40-8-2/h15-16,19,34H,7-14,17-18H2,1-6H3. The average Bonchev–Trinajstić information content (AvgIpc) is 3.70. The van der Waals surface area contributed by atoms with Gasteiger partial charge in [-0.25, -0.2) is 4.39 Å². The Balaban J connectivity index is 1.46. The van der Waals surface area contributed by atoms with Gasteiger partial charge in [0.25, 0.3) is 0 Å². The van der Waals surface area contributed by atoms with Crippen molar-refractivity contribution < 1.29 is 32.9 Å². The molecule has 0 bridgehead atoms. The first-order chi connectivity index (χ1) is 20.0. The maximum atomic E-state index is 15.9. The first-order valence-electron chi connectivity index (χ1n) is 15.0. The summed E-state index contributed by atoms with van der Waals surface area (Å²) in [5.74, 6) is -0.427. The largest absolute Gasteiger partial charge is 0.490 e. The van der Waals surface area contributed by atoms with E-state index < -0.39 is 17.3 Å². The fourth-order valence-electron chi connectivity index (χ4n) is 6.37. The molecule has 0 aromatic heterocycles. The number of fused-ring (bicyclic) bond motifs is 3. The molecule has 5 rings (SSSR count). The SMILES string of the molecule is CCOC(=O)CN1CCOC2=C(C(C)(C)C)CC(C(=O)CN3C(=N)c4c(cc(OCC)c(OCC)c4F)C34CC4)C=C21. The third kappa shape index (κ3) is 5.13. The topological polar surface area (TPSA) is 101 Å². The lowest BCUT2D eigenvalue weighted by molar-refractivity contribution is -0.144. The molecule has 1 aromatic rings. The highest BCUT2D eigenvalue weighted by molar-refractivity contribution is 6.05. The van der Waals surface area contributed by atoms with Gasteiger partial charge in [0.15, 0.2) is 23.1 Å². The van der Waals surface area contributed by atoms with Crippen LogP contribution in [-0.2, 0) is 24.6 Å². The van der Waals surface area contributed by atoms with Crippen LogP contribution < -0.4 is 9.47 Å². The van der Waals surface area contributed by atoms with E-state index in [9.17, 15) is 9.59 Å². The molecule has 4 aliphatic rings. The zero-order valence-corrected chi connectivity index (χ0v) is 25.5. The van der Waals surface area contributed by atoms with E-state index in [4.69, 9.17) is 24.4 Å². The van der Waals surface area contributed by atoms with Crippen molar-refractivity contribution in [2.45, 2.75) is 66.3 Å². The van der Waals surface area contributed by atoms with Crippen molar-refractivity contribution >= 4 is 17.6 Å². The number of rotatable bonds is 10.